The van der Waals surface area contributed by atoms with Crippen LogP contribution in [-0.2, 0) is 9.47 Å². The van der Waals surface area contributed by atoms with Crippen LogP contribution in [0.3, 0.4) is 0 Å². The molecule has 2 heterocycles. The topological polar surface area (TPSA) is 76.7 Å². The first-order valence-electron chi connectivity index (χ1n) is 15.1. The Morgan fingerprint density at radius 1 is 0.595 bits per heavy atom. The van der Waals surface area contributed by atoms with Gasteiger partial charge in [0.25, 0.3) is 0 Å². The Hall–Kier alpha value is -3.22. The fourth-order valence-corrected chi connectivity index (χ4v) is 7.57. The number of hydrogen-bond donors (Lipinski definition) is 2. The molecule has 0 radical (unpaired) electrons. The molecule has 2 saturated heterocycles. The van der Waals surface area contributed by atoms with Gasteiger partial charge in [0.2, 0.25) is 0 Å². The van der Waals surface area contributed by atoms with Crippen LogP contribution in [0.5, 0.6) is 0 Å². The lowest BCUT2D eigenvalue weighted by Gasteiger charge is -2.45. The summed E-state index contributed by atoms with van der Waals surface area (Å²) in [7, 11) is 0. The van der Waals surface area contributed by atoms with Gasteiger partial charge in [-0.05, 0) is 95.5 Å². The number of rotatable bonds is 5. The Kier molecular flexibility index (Phi) is 7.78. The van der Waals surface area contributed by atoms with Gasteiger partial charge in [-0.1, -0.05) is 42.5 Å². The molecule has 6 nitrogen and oxygen atoms in total. The fourth-order valence-electron chi connectivity index (χ4n) is 7.57. The first-order chi connectivity index (χ1) is 19.5. The quantitative estimate of drug-likeness (QED) is 0.311. The smallest absolute Gasteiger partial charge is 0.339 e. The number of benzene rings is 3. The second-order valence-corrected chi connectivity index (χ2v) is 14.9. The molecule has 0 unspecified atom stereocenters. The van der Waals surface area contributed by atoms with Crippen LogP contribution in [-0.4, -0.2) is 46.3 Å². The Balaban J connectivity index is 1.34. The number of carbonyl (C=O) groups is 2. The van der Waals surface area contributed by atoms with E-state index in [0.29, 0.717) is 11.1 Å². The summed E-state index contributed by atoms with van der Waals surface area (Å²) in [5.74, 6) is -0.592. The van der Waals surface area contributed by atoms with Crippen molar-refractivity contribution in [1.82, 2.24) is 10.6 Å². The van der Waals surface area contributed by atoms with Gasteiger partial charge in [-0.3, -0.25) is 0 Å². The van der Waals surface area contributed by atoms with Crippen molar-refractivity contribution >= 4 is 22.7 Å². The zero-order chi connectivity index (χ0) is 30.5. The molecule has 0 amide bonds. The summed E-state index contributed by atoms with van der Waals surface area (Å²) >= 11 is 0. The largest absolute Gasteiger partial charge is 0.459 e. The summed E-state index contributed by atoms with van der Waals surface area (Å²) < 4.78 is 12.1. The fraction of sp³-hybridized carbons (Fsp3) is 0.500. The van der Waals surface area contributed by atoms with E-state index in [1.165, 1.54) is 0 Å². The number of nitrogens with one attached hydrogen (secondary N) is 2. The molecular formula is C36H46N2O4. The SMILES string of the molecule is CC1(C)CC(OC(=O)c2ccc(-c3ccc(C(=O)OC4CC(C)(C)NC(C)(C)C4)c4ccccc34)cc2)CC(C)(C)N1. The predicted octanol–water partition coefficient (Wildman–Crippen LogP) is 7.44. The van der Waals surface area contributed by atoms with Gasteiger partial charge in [0.15, 0.2) is 0 Å². The van der Waals surface area contributed by atoms with Crippen LogP contribution in [0.4, 0.5) is 0 Å². The normalized spacial score (nSPS) is 21.5. The Morgan fingerprint density at radius 2 is 1.05 bits per heavy atom. The summed E-state index contributed by atoms with van der Waals surface area (Å²) in [6, 6.07) is 19.3. The van der Waals surface area contributed by atoms with Crippen molar-refractivity contribution < 1.29 is 19.1 Å². The van der Waals surface area contributed by atoms with Crippen LogP contribution in [0.1, 0.15) is 102 Å². The van der Waals surface area contributed by atoms with E-state index >= 15 is 0 Å². The standard InChI is InChI=1S/C36H46N2O4/c1-33(2)19-25(20-34(3,4)37-33)41-31(39)24-15-13-23(14-16-24)27-17-18-30(29-12-10-9-11-28(27)29)32(40)42-26-21-35(5,6)38-36(7,8)22-26/h9-18,25-26,37-38H,19-22H2,1-8H3. The van der Waals surface area contributed by atoms with Crippen LogP contribution in [0.25, 0.3) is 21.9 Å². The highest BCUT2D eigenvalue weighted by molar-refractivity contribution is 6.09. The van der Waals surface area contributed by atoms with Gasteiger partial charge >= 0.3 is 11.9 Å². The van der Waals surface area contributed by atoms with Gasteiger partial charge in [0.1, 0.15) is 12.2 Å². The van der Waals surface area contributed by atoms with E-state index in [0.717, 1.165) is 47.6 Å². The van der Waals surface area contributed by atoms with Crippen molar-refractivity contribution in [2.24, 2.45) is 0 Å². The van der Waals surface area contributed by atoms with Crippen molar-refractivity contribution in [2.75, 3.05) is 0 Å². The molecule has 0 aromatic heterocycles. The third-order valence-corrected chi connectivity index (χ3v) is 8.43. The molecule has 42 heavy (non-hydrogen) atoms. The predicted molar refractivity (Wildman–Crippen MR) is 169 cm³/mol. The molecule has 3 aromatic carbocycles. The minimum Gasteiger partial charge on any atom is -0.459 e. The highest BCUT2D eigenvalue weighted by Crippen LogP contribution is 2.35. The maximum Gasteiger partial charge on any atom is 0.339 e. The molecule has 6 heteroatoms. The minimum absolute atomic E-state index is 0.100. The zero-order valence-corrected chi connectivity index (χ0v) is 26.4. The lowest BCUT2D eigenvalue weighted by molar-refractivity contribution is -0.00757. The van der Waals surface area contributed by atoms with E-state index in [1.54, 1.807) is 0 Å². The number of hydrogen-bond acceptors (Lipinski definition) is 6. The van der Waals surface area contributed by atoms with E-state index < -0.39 is 0 Å². The zero-order valence-electron chi connectivity index (χ0n) is 26.4. The van der Waals surface area contributed by atoms with Crippen LogP contribution >= 0.6 is 0 Å². The highest BCUT2D eigenvalue weighted by atomic mass is 16.5. The molecule has 2 fully saturated rings. The van der Waals surface area contributed by atoms with Crippen LogP contribution in [0, 0.1) is 0 Å². The average Bonchev–Trinajstić information content (AvgIpc) is 2.84. The molecule has 3 aromatic rings. The lowest BCUT2D eigenvalue weighted by Crippen LogP contribution is -2.59. The summed E-state index contributed by atoms with van der Waals surface area (Å²) in [5, 5.41) is 9.09. The van der Waals surface area contributed by atoms with Gasteiger partial charge < -0.3 is 20.1 Å². The molecule has 0 spiro atoms. The van der Waals surface area contributed by atoms with E-state index in [1.807, 2.05) is 60.7 Å². The van der Waals surface area contributed by atoms with E-state index in [-0.39, 0.29) is 46.3 Å². The molecule has 0 saturated carbocycles. The number of piperidine rings is 2. The Labute approximate surface area is 250 Å². The molecule has 2 aliphatic rings. The van der Waals surface area contributed by atoms with Crippen molar-refractivity contribution in [1.29, 1.82) is 0 Å². The molecule has 0 aliphatic carbocycles. The van der Waals surface area contributed by atoms with Crippen molar-refractivity contribution in [3.8, 4) is 11.1 Å². The molecular weight excluding hydrogens is 524 g/mol. The van der Waals surface area contributed by atoms with Crippen molar-refractivity contribution in [3.05, 3.63) is 71.8 Å². The van der Waals surface area contributed by atoms with Gasteiger partial charge in [0.05, 0.1) is 11.1 Å². The van der Waals surface area contributed by atoms with E-state index in [4.69, 9.17) is 9.47 Å². The number of ether oxygens (including phenoxy) is 2. The van der Waals surface area contributed by atoms with Gasteiger partial charge in [-0.25, -0.2) is 9.59 Å². The average molecular weight is 571 g/mol. The Bertz CT molecular complexity index is 1450. The summed E-state index contributed by atoms with van der Waals surface area (Å²) in [4.78, 5) is 26.5. The van der Waals surface area contributed by atoms with E-state index in [9.17, 15) is 9.59 Å². The number of esters is 2. The first-order valence-corrected chi connectivity index (χ1v) is 15.1. The third-order valence-electron chi connectivity index (χ3n) is 8.43. The monoisotopic (exact) mass is 570 g/mol. The maximum atomic E-state index is 13.5. The van der Waals surface area contributed by atoms with Gasteiger partial charge in [-0.15, -0.1) is 0 Å². The molecule has 0 atom stereocenters. The van der Waals surface area contributed by atoms with Crippen molar-refractivity contribution in [2.45, 2.75) is 115 Å². The van der Waals surface area contributed by atoms with Gasteiger partial charge in [-0.2, -0.15) is 0 Å². The highest BCUT2D eigenvalue weighted by Gasteiger charge is 2.40. The summed E-state index contributed by atoms with van der Waals surface area (Å²) in [5.41, 5.74) is 2.63. The summed E-state index contributed by atoms with van der Waals surface area (Å²) in [6.07, 6.45) is 2.78. The summed E-state index contributed by atoms with van der Waals surface area (Å²) in [6.45, 7) is 17.2. The van der Waals surface area contributed by atoms with Crippen LogP contribution in [0.2, 0.25) is 0 Å². The molecule has 2 N–H and O–H groups in total. The van der Waals surface area contributed by atoms with Crippen LogP contribution < -0.4 is 10.6 Å². The lowest BCUT2D eigenvalue weighted by atomic mass is 9.81. The molecule has 5 rings (SSSR count). The molecule has 0 bridgehead atoms. The second kappa shape index (κ2) is 10.8. The molecule has 2 aliphatic heterocycles. The van der Waals surface area contributed by atoms with Crippen LogP contribution in [0.15, 0.2) is 60.7 Å². The molecule has 224 valence electrons. The second-order valence-electron chi connectivity index (χ2n) is 14.9. The number of fused-ring (bicyclic) bond motifs is 1. The maximum absolute atomic E-state index is 13.5. The number of carbonyl (C=O) groups excluding carboxylic acids is 2. The minimum atomic E-state index is -0.299. The van der Waals surface area contributed by atoms with Gasteiger partial charge in [0, 0.05) is 47.8 Å². The Morgan fingerprint density at radius 3 is 1.55 bits per heavy atom. The van der Waals surface area contributed by atoms with Crippen molar-refractivity contribution in [3.63, 3.8) is 0 Å². The first kappa shape index (κ1) is 30.2. The van der Waals surface area contributed by atoms with E-state index in [2.05, 4.69) is 66.0 Å². The third kappa shape index (κ3) is 6.87.